The molecule has 0 aromatic heterocycles. The number of rotatable bonds is 5. The van der Waals surface area contributed by atoms with Crippen molar-refractivity contribution in [1.29, 1.82) is 5.26 Å². The SMILES string of the molecule is CN(CC1CC1)C[C@@H]1CN(c2ccc(C#N)cc2)CCO1. The molecule has 21 heavy (non-hydrogen) atoms. The summed E-state index contributed by atoms with van der Waals surface area (Å²) in [6, 6.07) is 10.0. The third-order valence-corrected chi connectivity index (χ3v) is 4.28. The number of morpholine rings is 1. The minimum absolute atomic E-state index is 0.276. The zero-order valence-electron chi connectivity index (χ0n) is 12.7. The molecule has 2 fully saturated rings. The summed E-state index contributed by atoms with van der Waals surface area (Å²) in [7, 11) is 2.20. The lowest BCUT2D eigenvalue weighted by Crippen LogP contribution is -2.47. The molecule has 1 heterocycles. The van der Waals surface area contributed by atoms with Crippen LogP contribution in [0.4, 0.5) is 5.69 Å². The third kappa shape index (κ3) is 3.96. The molecule has 1 aromatic rings. The predicted molar refractivity (Wildman–Crippen MR) is 83.3 cm³/mol. The number of anilines is 1. The van der Waals surface area contributed by atoms with Gasteiger partial charge in [-0.25, -0.2) is 0 Å². The first kappa shape index (κ1) is 14.4. The van der Waals surface area contributed by atoms with Crippen molar-refractivity contribution in [3.8, 4) is 6.07 Å². The Morgan fingerprint density at radius 1 is 1.29 bits per heavy atom. The van der Waals surface area contributed by atoms with Crippen LogP contribution in [0.2, 0.25) is 0 Å². The Morgan fingerprint density at radius 2 is 2.05 bits per heavy atom. The van der Waals surface area contributed by atoms with Crippen molar-refractivity contribution >= 4 is 5.69 Å². The average Bonchev–Trinajstić information content (AvgIpc) is 3.31. The highest BCUT2D eigenvalue weighted by Crippen LogP contribution is 2.29. The highest BCUT2D eigenvalue weighted by atomic mass is 16.5. The van der Waals surface area contributed by atoms with E-state index in [1.165, 1.54) is 25.1 Å². The maximum absolute atomic E-state index is 8.87. The fraction of sp³-hybridized carbons (Fsp3) is 0.588. The monoisotopic (exact) mass is 285 g/mol. The maximum atomic E-state index is 8.87. The number of hydrogen-bond donors (Lipinski definition) is 0. The Bertz CT molecular complexity index is 504. The summed E-state index contributed by atoms with van der Waals surface area (Å²) in [6.45, 7) is 4.84. The number of nitrogens with zero attached hydrogens (tertiary/aromatic N) is 3. The van der Waals surface area contributed by atoms with Crippen molar-refractivity contribution in [2.24, 2.45) is 5.92 Å². The molecule has 3 rings (SSSR count). The molecule has 1 saturated heterocycles. The van der Waals surface area contributed by atoms with E-state index in [2.05, 4.69) is 22.9 Å². The molecule has 0 bridgehead atoms. The summed E-state index contributed by atoms with van der Waals surface area (Å²) < 4.78 is 5.91. The second kappa shape index (κ2) is 6.46. The molecule has 1 aliphatic heterocycles. The molecule has 0 unspecified atom stereocenters. The van der Waals surface area contributed by atoms with Gasteiger partial charge < -0.3 is 14.5 Å². The van der Waals surface area contributed by atoms with E-state index in [-0.39, 0.29) is 6.10 Å². The molecule has 4 heteroatoms. The van der Waals surface area contributed by atoms with Gasteiger partial charge >= 0.3 is 0 Å². The van der Waals surface area contributed by atoms with E-state index in [1.54, 1.807) is 0 Å². The van der Waals surface area contributed by atoms with E-state index in [9.17, 15) is 0 Å². The summed E-state index contributed by atoms with van der Waals surface area (Å²) in [5.41, 5.74) is 1.90. The van der Waals surface area contributed by atoms with Gasteiger partial charge in [-0.05, 0) is 50.1 Å². The fourth-order valence-electron chi connectivity index (χ4n) is 2.97. The van der Waals surface area contributed by atoms with Crippen molar-refractivity contribution in [1.82, 2.24) is 4.90 Å². The molecule has 0 N–H and O–H groups in total. The fourth-order valence-corrected chi connectivity index (χ4v) is 2.97. The Hall–Kier alpha value is -1.57. The Balaban J connectivity index is 1.55. The highest BCUT2D eigenvalue weighted by Gasteiger charge is 2.26. The van der Waals surface area contributed by atoms with Gasteiger partial charge in [-0.3, -0.25) is 0 Å². The standard InChI is InChI=1S/C17H23N3O/c1-19(11-15-2-3-15)12-17-13-20(8-9-21-17)16-6-4-14(10-18)5-7-16/h4-7,15,17H,2-3,8-9,11-13H2,1H3/t17-/m1/s1. The first-order chi connectivity index (χ1) is 10.2. The number of likely N-dealkylation sites (N-methyl/N-ethyl adjacent to an activating group) is 1. The van der Waals surface area contributed by atoms with Gasteiger partial charge in [0.1, 0.15) is 0 Å². The van der Waals surface area contributed by atoms with E-state index in [0.29, 0.717) is 5.56 Å². The first-order valence-corrected chi connectivity index (χ1v) is 7.80. The largest absolute Gasteiger partial charge is 0.373 e. The molecule has 1 aliphatic carbocycles. The molecule has 0 spiro atoms. The van der Waals surface area contributed by atoms with Gasteiger partial charge in [-0.2, -0.15) is 5.26 Å². The molecule has 112 valence electrons. The quantitative estimate of drug-likeness (QED) is 0.830. The van der Waals surface area contributed by atoms with Crippen LogP contribution < -0.4 is 4.90 Å². The van der Waals surface area contributed by atoms with Crippen LogP contribution in [0.15, 0.2) is 24.3 Å². The number of nitriles is 1. The van der Waals surface area contributed by atoms with Gasteiger partial charge in [0.15, 0.2) is 0 Å². The van der Waals surface area contributed by atoms with Crippen LogP contribution in [0.1, 0.15) is 18.4 Å². The summed E-state index contributed by atoms with van der Waals surface area (Å²) in [6.07, 6.45) is 3.07. The molecule has 2 aliphatic rings. The molecule has 1 saturated carbocycles. The summed E-state index contributed by atoms with van der Waals surface area (Å²) in [5, 5.41) is 8.87. The summed E-state index contributed by atoms with van der Waals surface area (Å²) in [4.78, 5) is 4.77. The van der Waals surface area contributed by atoms with Crippen molar-refractivity contribution in [3.63, 3.8) is 0 Å². The third-order valence-electron chi connectivity index (χ3n) is 4.28. The highest BCUT2D eigenvalue weighted by molar-refractivity contribution is 5.50. The molecular formula is C17H23N3O. The van der Waals surface area contributed by atoms with Gasteiger partial charge in [-0.15, -0.1) is 0 Å². The van der Waals surface area contributed by atoms with E-state index < -0.39 is 0 Å². The van der Waals surface area contributed by atoms with Crippen LogP contribution in [0.3, 0.4) is 0 Å². The Kier molecular flexibility index (Phi) is 4.42. The first-order valence-electron chi connectivity index (χ1n) is 7.80. The molecule has 0 amide bonds. The predicted octanol–water partition coefficient (Wildman–Crippen LogP) is 2.11. The van der Waals surface area contributed by atoms with Crippen LogP contribution in [0.25, 0.3) is 0 Å². The summed E-state index contributed by atoms with van der Waals surface area (Å²) in [5.74, 6) is 0.924. The van der Waals surface area contributed by atoms with Crippen molar-refractivity contribution < 1.29 is 4.74 Å². The minimum Gasteiger partial charge on any atom is -0.373 e. The van der Waals surface area contributed by atoms with Crippen molar-refractivity contribution in [3.05, 3.63) is 29.8 Å². The minimum atomic E-state index is 0.276. The zero-order chi connectivity index (χ0) is 14.7. The topological polar surface area (TPSA) is 39.5 Å². The lowest BCUT2D eigenvalue weighted by Gasteiger charge is -2.36. The van der Waals surface area contributed by atoms with Crippen molar-refractivity contribution in [2.75, 3.05) is 44.7 Å². The number of ether oxygens (including phenoxy) is 1. The van der Waals surface area contributed by atoms with E-state index in [1.807, 2.05) is 24.3 Å². The van der Waals surface area contributed by atoms with E-state index in [0.717, 1.165) is 32.2 Å². The maximum Gasteiger partial charge on any atom is 0.0991 e. The second-order valence-corrected chi connectivity index (χ2v) is 6.26. The van der Waals surface area contributed by atoms with Gasteiger partial charge in [0.2, 0.25) is 0 Å². The van der Waals surface area contributed by atoms with Crippen molar-refractivity contribution in [2.45, 2.75) is 18.9 Å². The van der Waals surface area contributed by atoms with Gasteiger partial charge in [0.25, 0.3) is 0 Å². The van der Waals surface area contributed by atoms with Gasteiger partial charge in [0, 0.05) is 31.9 Å². The average molecular weight is 285 g/mol. The van der Waals surface area contributed by atoms with Crippen LogP contribution in [-0.2, 0) is 4.74 Å². The number of benzene rings is 1. The van der Waals surface area contributed by atoms with E-state index >= 15 is 0 Å². The molecule has 1 atom stereocenters. The van der Waals surface area contributed by atoms with E-state index in [4.69, 9.17) is 10.00 Å². The Morgan fingerprint density at radius 3 is 2.71 bits per heavy atom. The van der Waals surface area contributed by atoms with Gasteiger partial charge in [-0.1, -0.05) is 0 Å². The van der Waals surface area contributed by atoms with Crippen LogP contribution >= 0.6 is 0 Å². The molecule has 1 aromatic carbocycles. The second-order valence-electron chi connectivity index (χ2n) is 6.26. The normalized spacial score (nSPS) is 22.3. The smallest absolute Gasteiger partial charge is 0.0991 e. The molecule has 4 nitrogen and oxygen atoms in total. The van der Waals surface area contributed by atoms with Crippen LogP contribution in [-0.4, -0.2) is 50.8 Å². The zero-order valence-corrected chi connectivity index (χ0v) is 12.7. The lowest BCUT2D eigenvalue weighted by molar-refractivity contribution is 0.0199. The number of hydrogen-bond acceptors (Lipinski definition) is 4. The molecule has 0 radical (unpaired) electrons. The molecular weight excluding hydrogens is 262 g/mol. The van der Waals surface area contributed by atoms with Crippen LogP contribution in [0.5, 0.6) is 0 Å². The van der Waals surface area contributed by atoms with Crippen LogP contribution in [0, 0.1) is 17.2 Å². The lowest BCUT2D eigenvalue weighted by atomic mass is 10.2. The van der Waals surface area contributed by atoms with Gasteiger partial charge in [0.05, 0.1) is 24.3 Å². The Labute approximate surface area is 126 Å². The summed E-state index contributed by atoms with van der Waals surface area (Å²) >= 11 is 0.